The molecule has 1 aromatic heterocycles. The number of halogens is 3. The summed E-state index contributed by atoms with van der Waals surface area (Å²) in [7, 11) is 1.71. The molecule has 1 N–H and O–H groups in total. The summed E-state index contributed by atoms with van der Waals surface area (Å²) in [5.41, 5.74) is 0.990. The first-order chi connectivity index (χ1) is 7.54. The summed E-state index contributed by atoms with van der Waals surface area (Å²) >= 11 is 3.09. The zero-order valence-electron chi connectivity index (χ0n) is 8.74. The Bertz CT molecular complexity index is 570. The molecule has 0 saturated carbocycles. The van der Waals surface area contributed by atoms with Crippen LogP contribution in [0.3, 0.4) is 0 Å². The average Bonchev–Trinajstić information content (AvgIpc) is 2.25. The monoisotopic (exact) mass is 286 g/mol. The van der Waals surface area contributed by atoms with Crippen molar-refractivity contribution >= 4 is 32.7 Å². The Morgan fingerprint density at radius 3 is 2.56 bits per heavy atom. The number of pyridine rings is 1. The number of aromatic nitrogens is 1. The van der Waals surface area contributed by atoms with Crippen LogP contribution in [0, 0.1) is 18.6 Å². The molecule has 0 aliphatic heterocycles. The van der Waals surface area contributed by atoms with E-state index in [1.165, 1.54) is 0 Å². The number of benzene rings is 1. The first-order valence-electron chi connectivity index (χ1n) is 4.67. The highest BCUT2D eigenvalue weighted by Gasteiger charge is 2.13. The minimum absolute atomic E-state index is 0.156. The second kappa shape index (κ2) is 3.97. The highest BCUT2D eigenvalue weighted by molar-refractivity contribution is 9.10. The number of anilines is 1. The predicted octanol–water partition coefficient (Wildman–Crippen LogP) is 3.63. The van der Waals surface area contributed by atoms with E-state index in [2.05, 4.69) is 26.2 Å². The maximum Gasteiger partial charge on any atom is 0.152 e. The van der Waals surface area contributed by atoms with Gasteiger partial charge in [0, 0.05) is 18.5 Å². The van der Waals surface area contributed by atoms with Crippen molar-refractivity contribution < 1.29 is 8.78 Å². The molecule has 0 radical (unpaired) electrons. The summed E-state index contributed by atoms with van der Waals surface area (Å²) in [4.78, 5) is 4.11. The van der Waals surface area contributed by atoms with Gasteiger partial charge < -0.3 is 5.32 Å². The van der Waals surface area contributed by atoms with Gasteiger partial charge in [0.05, 0.1) is 4.47 Å². The molecule has 0 aliphatic carbocycles. The lowest BCUT2D eigenvalue weighted by Crippen LogP contribution is -1.98. The van der Waals surface area contributed by atoms with Crippen LogP contribution in [0.15, 0.2) is 16.6 Å². The first-order valence-corrected chi connectivity index (χ1v) is 5.46. The number of hydrogen-bond donors (Lipinski definition) is 1. The van der Waals surface area contributed by atoms with Gasteiger partial charge in [-0.1, -0.05) is 0 Å². The third kappa shape index (κ3) is 1.65. The van der Waals surface area contributed by atoms with Crippen LogP contribution in [0.1, 0.15) is 5.56 Å². The molecule has 2 rings (SSSR count). The molecule has 0 atom stereocenters. The van der Waals surface area contributed by atoms with Crippen molar-refractivity contribution in [3.05, 3.63) is 33.8 Å². The van der Waals surface area contributed by atoms with Crippen LogP contribution >= 0.6 is 15.9 Å². The number of nitrogens with zero attached hydrogens (tertiary/aromatic N) is 1. The van der Waals surface area contributed by atoms with E-state index in [9.17, 15) is 8.78 Å². The Morgan fingerprint density at radius 1 is 1.25 bits per heavy atom. The zero-order chi connectivity index (χ0) is 11.9. The minimum atomic E-state index is -0.660. The lowest BCUT2D eigenvalue weighted by Gasteiger charge is -2.08. The van der Waals surface area contributed by atoms with Gasteiger partial charge in [-0.25, -0.2) is 13.8 Å². The molecule has 1 heterocycles. The molecule has 2 nitrogen and oxygen atoms in total. The maximum absolute atomic E-state index is 13.5. The van der Waals surface area contributed by atoms with Gasteiger partial charge in [0.2, 0.25) is 0 Å². The van der Waals surface area contributed by atoms with E-state index in [1.807, 2.05) is 6.92 Å². The summed E-state index contributed by atoms with van der Waals surface area (Å²) in [5, 5.41) is 3.30. The Morgan fingerprint density at radius 2 is 1.94 bits per heavy atom. The molecule has 0 aliphatic rings. The van der Waals surface area contributed by atoms with Crippen molar-refractivity contribution in [1.29, 1.82) is 0 Å². The van der Waals surface area contributed by atoms with Crippen molar-refractivity contribution in [3.8, 4) is 0 Å². The average molecular weight is 287 g/mol. The summed E-state index contributed by atoms with van der Waals surface area (Å²) < 4.78 is 27.1. The van der Waals surface area contributed by atoms with Crippen molar-refractivity contribution in [2.45, 2.75) is 6.92 Å². The third-order valence-corrected chi connectivity index (χ3v) is 3.18. The van der Waals surface area contributed by atoms with E-state index in [1.54, 1.807) is 13.1 Å². The fraction of sp³-hybridized carbons (Fsp3) is 0.182. The number of nitrogens with one attached hydrogen (secondary N) is 1. The Labute approximate surface area is 99.8 Å². The number of fused-ring (bicyclic) bond motifs is 1. The summed E-state index contributed by atoms with van der Waals surface area (Å²) in [5.74, 6) is -0.694. The molecule has 0 bridgehead atoms. The fourth-order valence-electron chi connectivity index (χ4n) is 1.59. The molecular formula is C11H9BrF2N2. The van der Waals surface area contributed by atoms with E-state index in [4.69, 9.17) is 0 Å². The molecule has 0 fully saturated rings. The summed E-state index contributed by atoms with van der Waals surface area (Å²) in [6.45, 7) is 1.83. The van der Waals surface area contributed by atoms with Crippen LogP contribution in [-0.2, 0) is 0 Å². The molecule has 0 amide bonds. The van der Waals surface area contributed by atoms with Gasteiger partial charge in [-0.05, 0) is 34.5 Å². The molecule has 0 spiro atoms. The van der Waals surface area contributed by atoms with Crippen molar-refractivity contribution in [3.63, 3.8) is 0 Å². The fourth-order valence-corrected chi connectivity index (χ4v) is 2.00. The quantitative estimate of drug-likeness (QED) is 0.810. The second-order valence-corrected chi connectivity index (χ2v) is 4.25. The van der Waals surface area contributed by atoms with Gasteiger partial charge in [-0.3, -0.25) is 0 Å². The van der Waals surface area contributed by atoms with Crippen LogP contribution in [0.25, 0.3) is 10.9 Å². The van der Waals surface area contributed by atoms with E-state index in [0.717, 1.165) is 11.6 Å². The zero-order valence-corrected chi connectivity index (χ0v) is 10.3. The van der Waals surface area contributed by atoms with Gasteiger partial charge in [0.1, 0.15) is 17.2 Å². The number of hydrogen-bond acceptors (Lipinski definition) is 2. The third-order valence-electron chi connectivity index (χ3n) is 2.38. The van der Waals surface area contributed by atoms with Gasteiger partial charge in [0.15, 0.2) is 5.82 Å². The first kappa shape index (κ1) is 11.3. The predicted molar refractivity (Wildman–Crippen MR) is 63.6 cm³/mol. The Balaban J connectivity index is 2.90. The number of aryl methyl sites for hydroxylation is 1. The van der Waals surface area contributed by atoms with Crippen LogP contribution in [0.4, 0.5) is 14.6 Å². The molecule has 0 saturated heterocycles. The molecule has 2 aromatic rings. The normalized spacial score (nSPS) is 10.8. The molecule has 16 heavy (non-hydrogen) atoms. The van der Waals surface area contributed by atoms with Crippen LogP contribution in [0.2, 0.25) is 0 Å². The standard InChI is InChI=1S/C11H9BrF2N2/c1-5-3-6-9(12)7(13)4-8(14)10(6)16-11(5)15-2/h3-4H,1-2H3,(H,15,16). The molecular weight excluding hydrogens is 278 g/mol. The SMILES string of the molecule is CNc1nc2c(F)cc(F)c(Br)c2cc1C. The van der Waals surface area contributed by atoms with Gasteiger partial charge in [0.25, 0.3) is 0 Å². The topological polar surface area (TPSA) is 24.9 Å². The molecule has 1 aromatic carbocycles. The van der Waals surface area contributed by atoms with E-state index in [0.29, 0.717) is 11.2 Å². The Hall–Kier alpha value is -1.23. The van der Waals surface area contributed by atoms with Crippen molar-refractivity contribution in [1.82, 2.24) is 4.98 Å². The van der Waals surface area contributed by atoms with Crippen molar-refractivity contribution in [2.75, 3.05) is 12.4 Å². The maximum atomic E-state index is 13.5. The van der Waals surface area contributed by atoms with Crippen LogP contribution in [-0.4, -0.2) is 12.0 Å². The van der Waals surface area contributed by atoms with Gasteiger partial charge in [-0.15, -0.1) is 0 Å². The molecule has 5 heteroatoms. The van der Waals surface area contributed by atoms with Crippen LogP contribution in [0.5, 0.6) is 0 Å². The summed E-state index contributed by atoms with van der Waals surface area (Å²) in [6.07, 6.45) is 0. The Kier molecular flexibility index (Phi) is 2.80. The smallest absolute Gasteiger partial charge is 0.152 e. The number of rotatable bonds is 1. The van der Waals surface area contributed by atoms with E-state index in [-0.39, 0.29) is 9.99 Å². The summed E-state index contributed by atoms with van der Waals surface area (Å²) in [6, 6.07) is 2.53. The largest absolute Gasteiger partial charge is 0.373 e. The second-order valence-electron chi connectivity index (χ2n) is 3.45. The van der Waals surface area contributed by atoms with Crippen molar-refractivity contribution in [2.24, 2.45) is 0 Å². The lowest BCUT2D eigenvalue weighted by atomic mass is 10.1. The molecule has 0 unspecified atom stereocenters. The molecule has 84 valence electrons. The van der Waals surface area contributed by atoms with Gasteiger partial charge >= 0.3 is 0 Å². The lowest BCUT2D eigenvalue weighted by molar-refractivity contribution is 0.586. The highest BCUT2D eigenvalue weighted by atomic mass is 79.9. The minimum Gasteiger partial charge on any atom is -0.373 e. The van der Waals surface area contributed by atoms with E-state index >= 15 is 0 Å². The van der Waals surface area contributed by atoms with Crippen LogP contribution < -0.4 is 5.32 Å². The van der Waals surface area contributed by atoms with Gasteiger partial charge in [-0.2, -0.15) is 0 Å². The van der Waals surface area contributed by atoms with E-state index < -0.39 is 11.6 Å². The highest BCUT2D eigenvalue weighted by Crippen LogP contribution is 2.30.